The van der Waals surface area contributed by atoms with Crippen LogP contribution in [0.2, 0.25) is 0 Å². The molecule has 0 aliphatic heterocycles. The topological polar surface area (TPSA) is 41.7 Å². The lowest BCUT2D eigenvalue weighted by atomic mass is 10.1. The van der Waals surface area contributed by atoms with Crippen molar-refractivity contribution in [3.8, 4) is 6.07 Å². The molecule has 14 heavy (non-hydrogen) atoms. The highest BCUT2D eigenvalue weighted by molar-refractivity contribution is 5.87. The number of aromatic carboxylic acids is 1. The van der Waals surface area contributed by atoms with E-state index in [1.54, 1.807) is 24.3 Å². The van der Waals surface area contributed by atoms with E-state index < -0.39 is 5.97 Å². The summed E-state index contributed by atoms with van der Waals surface area (Å²) >= 11 is 0. The highest BCUT2D eigenvalue weighted by Crippen LogP contribution is 2.03. The van der Waals surface area contributed by atoms with E-state index in [1.807, 2.05) is 6.92 Å². The van der Waals surface area contributed by atoms with Crippen molar-refractivity contribution in [1.82, 2.24) is 0 Å². The van der Waals surface area contributed by atoms with Crippen LogP contribution in [0.1, 0.15) is 29.3 Å². The highest BCUT2D eigenvalue weighted by Gasteiger charge is 2.02. The molecule has 0 saturated heterocycles. The van der Waals surface area contributed by atoms with Gasteiger partial charge < -0.3 is 5.11 Å². The molecule has 3 heteroatoms. The number of carboxylic acids is 1. The maximum absolute atomic E-state index is 10.5. The summed E-state index contributed by atoms with van der Waals surface area (Å²) in [7, 11) is 0. The average molecular weight is 190 g/mol. The number of hydrogen-bond acceptors (Lipinski definition) is 1. The van der Waals surface area contributed by atoms with Gasteiger partial charge in [-0.1, -0.05) is 11.8 Å². The summed E-state index contributed by atoms with van der Waals surface area (Å²) in [6.45, 7) is 2.79. The summed E-state index contributed by atoms with van der Waals surface area (Å²) in [5.41, 5.74) is 1.09. The van der Waals surface area contributed by atoms with Crippen molar-refractivity contribution in [2.75, 3.05) is 6.54 Å². The first-order valence-corrected chi connectivity index (χ1v) is 4.50. The fraction of sp³-hybridized carbons (Fsp3) is 0.273. The van der Waals surface area contributed by atoms with Crippen molar-refractivity contribution in [3.05, 3.63) is 40.2 Å². The van der Waals surface area contributed by atoms with E-state index in [4.69, 9.17) is 5.11 Å². The van der Waals surface area contributed by atoms with Crippen molar-refractivity contribution in [3.63, 3.8) is 0 Å². The van der Waals surface area contributed by atoms with Gasteiger partial charge in [0.2, 0.25) is 0 Å². The quantitative estimate of drug-likeness (QED) is 0.778. The lowest BCUT2D eigenvalue weighted by Gasteiger charge is -1.90. The van der Waals surface area contributed by atoms with Crippen LogP contribution in [0.5, 0.6) is 0 Å². The van der Waals surface area contributed by atoms with Crippen molar-refractivity contribution in [1.29, 1.82) is 0 Å². The van der Waals surface area contributed by atoms with Gasteiger partial charge in [-0.3, -0.25) is 0 Å². The van der Waals surface area contributed by atoms with Gasteiger partial charge in [0.05, 0.1) is 5.56 Å². The molecule has 1 N–H and O–H groups in total. The minimum atomic E-state index is -0.915. The summed E-state index contributed by atoms with van der Waals surface area (Å²) < 4.78 is 0. The predicted molar refractivity (Wildman–Crippen MR) is 54.9 cm³/mol. The van der Waals surface area contributed by atoms with E-state index in [2.05, 4.69) is 10.9 Å². The monoisotopic (exact) mass is 190 g/mol. The second kappa shape index (κ2) is 5.03. The molecule has 1 rings (SSSR count). The zero-order valence-corrected chi connectivity index (χ0v) is 8.03. The minimum Gasteiger partial charge on any atom is -0.478 e. The molecule has 0 unspecified atom stereocenters. The fourth-order valence-electron chi connectivity index (χ4n) is 0.946. The highest BCUT2D eigenvalue weighted by atomic mass is 16.4. The third kappa shape index (κ3) is 2.91. The fourth-order valence-corrected chi connectivity index (χ4v) is 0.946. The summed E-state index contributed by atoms with van der Waals surface area (Å²) in [5, 5.41) is 8.65. The number of rotatable bonds is 2. The normalized spacial score (nSPS) is 8.93. The van der Waals surface area contributed by atoms with Crippen LogP contribution in [0, 0.1) is 6.07 Å². The van der Waals surface area contributed by atoms with Crippen molar-refractivity contribution in [2.45, 2.75) is 13.3 Å². The molecule has 1 aromatic rings. The molecule has 0 bridgehead atoms. The van der Waals surface area contributed by atoms with Crippen LogP contribution < -0.4 is 0 Å². The number of carboxylic acid groups (broad SMARTS) is 1. The molecule has 3 nitrogen and oxygen atoms in total. The van der Waals surface area contributed by atoms with E-state index in [-0.39, 0.29) is 5.56 Å². The maximum Gasteiger partial charge on any atom is 0.335 e. The molecule has 0 atom stereocenters. The van der Waals surface area contributed by atoms with E-state index >= 15 is 0 Å². The number of nitrogens with zero attached hydrogens (tertiary/aromatic N) is 1. The van der Waals surface area contributed by atoms with Crippen molar-refractivity contribution >= 4 is 5.97 Å². The van der Waals surface area contributed by atoms with E-state index in [0.717, 1.165) is 18.5 Å². The van der Waals surface area contributed by atoms with Gasteiger partial charge >= 0.3 is 12.0 Å². The van der Waals surface area contributed by atoms with Gasteiger partial charge in [0.25, 0.3) is 6.54 Å². The molecule has 0 aliphatic carbocycles. The van der Waals surface area contributed by atoms with Crippen molar-refractivity contribution in [2.24, 2.45) is 0 Å². The Labute approximate surface area is 82.8 Å². The Balaban J connectivity index is 2.75. The molecule has 0 saturated carbocycles. The average Bonchev–Trinajstić information content (AvgIpc) is 2.19. The smallest absolute Gasteiger partial charge is 0.335 e. The summed E-state index contributed by atoms with van der Waals surface area (Å²) in [6, 6.07) is 9.33. The molecular formula is C11H12NO2+. The molecule has 0 aliphatic rings. The van der Waals surface area contributed by atoms with Gasteiger partial charge in [0.1, 0.15) is 5.56 Å². The van der Waals surface area contributed by atoms with E-state index in [0.29, 0.717) is 0 Å². The van der Waals surface area contributed by atoms with Crippen LogP contribution in [0.25, 0.3) is 4.85 Å². The first-order valence-electron chi connectivity index (χ1n) is 4.50. The van der Waals surface area contributed by atoms with Crippen LogP contribution in [0.4, 0.5) is 0 Å². The Morgan fingerprint density at radius 2 is 2.07 bits per heavy atom. The first-order chi connectivity index (χ1) is 6.74. The molecule has 0 fully saturated rings. The first kappa shape index (κ1) is 10.3. The Kier molecular flexibility index (Phi) is 3.69. The van der Waals surface area contributed by atoms with Crippen LogP contribution in [0.15, 0.2) is 24.3 Å². The molecular weight excluding hydrogens is 178 g/mol. The second-order valence-corrected chi connectivity index (χ2v) is 2.88. The van der Waals surface area contributed by atoms with Gasteiger partial charge in [-0.25, -0.2) is 4.79 Å². The largest absolute Gasteiger partial charge is 0.478 e. The minimum absolute atomic E-state index is 0.283. The van der Waals surface area contributed by atoms with Crippen LogP contribution >= 0.6 is 0 Å². The lowest BCUT2D eigenvalue weighted by Crippen LogP contribution is -1.94. The van der Waals surface area contributed by atoms with E-state index in [1.165, 1.54) is 0 Å². The van der Waals surface area contributed by atoms with Gasteiger partial charge in [0, 0.05) is 6.42 Å². The summed E-state index contributed by atoms with van der Waals surface area (Å²) in [4.78, 5) is 14.6. The van der Waals surface area contributed by atoms with Crippen molar-refractivity contribution < 1.29 is 9.90 Å². The molecule has 0 heterocycles. The third-order valence-corrected chi connectivity index (χ3v) is 1.68. The van der Waals surface area contributed by atoms with Crippen LogP contribution in [-0.2, 0) is 0 Å². The zero-order chi connectivity index (χ0) is 10.4. The number of benzene rings is 1. The standard InChI is InChI=1S/C11H11NO2/c1-2-7-12-8-9-3-5-10(6-4-9)11(13)14/h3-6H,2,7H2,1H3/p+1. The predicted octanol–water partition coefficient (Wildman–Crippen LogP) is 2.48. The number of hydrogen-bond donors (Lipinski definition) is 1. The molecule has 72 valence electrons. The number of carbonyl (C=O) groups is 1. The molecule has 0 amide bonds. The van der Waals surface area contributed by atoms with Gasteiger partial charge in [0.15, 0.2) is 0 Å². The maximum atomic E-state index is 10.5. The van der Waals surface area contributed by atoms with E-state index in [9.17, 15) is 4.79 Å². The molecule has 0 radical (unpaired) electrons. The Morgan fingerprint density at radius 3 is 2.57 bits per heavy atom. The Morgan fingerprint density at radius 1 is 1.43 bits per heavy atom. The molecule has 0 aromatic heterocycles. The third-order valence-electron chi connectivity index (χ3n) is 1.68. The zero-order valence-electron chi connectivity index (χ0n) is 8.03. The Hall–Kier alpha value is -1.82. The van der Waals surface area contributed by atoms with Gasteiger partial charge in [-0.15, -0.1) is 0 Å². The summed E-state index contributed by atoms with van der Waals surface area (Å²) in [5.74, 6) is -0.915. The molecule has 0 spiro atoms. The second-order valence-electron chi connectivity index (χ2n) is 2.88. The lowest BCUT2D eigenvalue weighted by molar-refractivity contribution is 0.0697. The molecule has 1 aromatic carbocycles. The summed E-state index contributed by atoms with van der Waals surface area (Å²) in [6.07, 6.45) is 0.986. The van der Waals surface area contributed by atoms with Gasteiger partial charge in [-0.2, -0.15) is 0 Å². The SMILES string of the molecule is CCC[N+]#Cc1ccc(C(=O)O)cc1. The van der Waals surface area contributed by atoms with Gasteiger partial charge in [-0.05, 0) is 24.3 Å². The van der Waals surface area contributed by atoms with Crippen LogP contribution in [0.3, 0.4) is 0 Å². The Bertz CT molecular complexity index is 371. The van der Waals surface area contributed by atoms with Crippen LogP contribution in [-0.4, -0.2) is 17.6 Å².